The minimum Gasteiger partial charge on any atom is -0.434 e. The van der Waals surface area contributed by atoms with Crippen molar-refractivity contribution in [1.29, 1.82) is 0 Å². The van der Waals surface area contributed by atoms with E-state index in [4.69, 9.17) is 16.3 Å². The number of hydrogen-bond donors (Lipinski definition) is 0. The number of benzene rings is 1. The van der Waals surface area contributed by atoms with Gasteiger partial charge in [-0.05, 0) is 61.1 Å². The van der Waals surface area contributed by atoms with Crippen molar-refractivity contribution in [2.45, 2.75) is 108 Å². The smallest absolute Gasteiger partial charge is 0.387 e. The molecule has 0 atom stereocenters. The Morgan fingerprint density at radius 2 is 1.63 bits per heavy atom. The Kier molecular flexibility index (Phi) is 9.96. The highest BCUT2D eigenvalue weighted by Crippen LogP contribution is 2.42. The second kappa shape index (κ2) is 12.4. The summed E-state index contributed by atoms with van der Waals surface area (Å²) in [5.41, 5.74) is 0.903. The van der Waals surface area contributed by atoms with Gasteiger partial charge in [-0.3, -0.25) is 0 Å². The maximum absolute atomic E-state index is 12.8. The molecule has 1 aliphatic heterocycles. The maximum Gasteiger partial charge on any atom is 0.387 e. The molecular formula is C25H39ClF2OSi. The lowest BCUT2D eigenvalue weighted by molar-refractivity contribution is -0.0507. The van der Waals surface area contributed by atoms with E-state index in [0.717, 1.165) is 30.2 Å². The van der Waals surface area contributed by atoms with E-state index >= 15 is 0 Å². The van der Waals surface area contributed by atoms with Crippen LogP contribution in [0.15, 0.2) is 18.2 Å². The first-order chi connectivity index (χ1) is 14.5. The Balaban J connectivity index is 1.35. The molecule has 2 aliphatic rings. The minimum atomic E-state index is -2.80. The largest absolute Gasteiger partial charge is 0.434 e. The van der Waals surface area contributed by atoms with E-state index in [2.05, 4.69) is 6.92 Å². The summed E-state index contributed by atoms with van der Waals surface area (Å²) in [6.45, 7) is -0.458. The van der Waals surface area contributed by atoms with Crippen LogP contribution in [-0.4, -0.2) is 15.4 Å². The fraction of sp³-hybridized carbons (Fsp3) is 0.760. The Morgan fingerprint density at radius 1 is 1.00 bits per heavy atom. The number of rotatable bonds is 10. The van der Waals surface area contributed by atoms with Gasteiger partial charge in [0.15, 0.2) is 0 Å². The van der Waals surface area contributed by atoms with Crippen LogP contribution in [0.2, 0.25) is 23.2 Å². The molecule has 30 heavy (non-hydrogen) atoms. The summed E-state index contributed by atoms with van der Waals surface area (Å²) in [6.07, 6.45) is 14.5. The van der Waals surface area contributed by atoms with Crippen molar-refractivity contribution >= 4 is 20.4 Å². The topological polar surface area (TPSA) is 9.23 Å². The molecule has 3 rings (SSSR count). The normalized spacial score (nSPS) is 27.4. The zero-order chi connectivity index (χ0) is 21.3. The van der Waals surface area contributed by atoms with Crippen LogP contribution in [0.5, 0.6) is 5.75 Å². The van der Waals surface area contributed by atoms with E-state index in [-0.39, 0.29) is 14.5 Å². The summed E-state index contributed by atoms with van der Waals surface area (Å²) < 4.78 is 30.3. The van der Waals surface area contributed by atoms with Crippen LogP contribution in [0.25, 0.3) is 0 Å². The molecule has 5 heteroatoms. The van der Waals surface area contributed by atoms with Crippen LogP contribution < -0.4 is 4.74 Å². The number of hydrogen-bond acceptors (Lipinski definition) is 1. The third-order valence-corrected chi connectivity index (χ3v) is 11.5. The molecule has 1 aliphatic carbocycles. The molecule has 1 aromatic rings. The van der Waals surface area contributed by atoms with Crippen molar-refractivity contribution in [2.24, 2.45) is 11.8 Å². The van der Waals surface area contributed by atoms with Crippen LogP contribution in [0.1, 0.15) is 89.0 Å². The molecule has 0 unspecified atom stereocenters. The van der Waals surface area contributed by atoms with Gasteiger partial charge in [0.05, 0.1) is 0 Å². The zero-order valence-electron chi connectivity index (χ0n) is 18.6. The van der Waals surface area contributed by atoms with Crippen LogP contribution >= 0.6 is 11.6 Å². The monoisotopic (exact) mass is 456 g/mol. The molecule has 0 amide bonds. The Bertz CT molecular complexity index is 626. The van der Waals surface area contributed by atoms with Gasteiger partial charge < -0.3 is 4.74 Å². The lowest BCUT2D eigenvalue weighted by Gasteiger charge is -2.30. The van der Waals surface area contributed by atoms with Crippen LogP contribution in [-0.2, 0) is 0 Å². The van der Waals surface area contributed by atoms with Gasteiger partial charge >= 0.3 is 6.61 Å². The quantitative estimate of drug-likeness (QED) is 0.252. The molecule has 1 nitrogen and oxygen atoms in total. The molecule has 1 saturated heterocycles. The Labute approximate surface area is 188 Å². The molecule has 1 heterocycles. The van der Waals surface area contributed by atoms with Gasteiger partial charge in [0.1, 0.15) is 5.75 Å². The summed E-state index contributed by atoms with van der Waals surface area (Å²) >= 11 is 5.99. The highest BCUT2D eigenvalue weighted by atomic mass is 35.5. The fourth-order valence-corrected chi connectivity index (χ4v) is 9.62. The first-order valence-corrected chi connectivity index (χ1v) is 15.1. The third kappa shape index (κ3) is 7.51. The summed E-state index contributed by atoms with van der Waals surface area (Å²) in [6, 6.07) is 9.98. The predicted molar refractivity (Wildman–Crippen MR) is 126 cm³/mol. The van der Waals surface area contributed by atoms with Gasteiger partial charge in [-0.25, -0.2) is 0 Å². The van der Waals surface area contributed by atoms with E-state index in [1.807, 2.05) is 6.07 Å². The van der Waals surface area contributed by atoms with Gasteiger partial charge in [-0.15, -0.1) is 0 Å². The molecule has 1 saturated carbocycles. The summed E-state index contributed by atoms with van der Waals surface area (Å²) in [4.78, 5) is 0. The molecule has 0 radical (unpaired) electrons. The van der Waals surface area contributed by atoms with Crippen molar-refractivity contribution in [3.05, 3.63) is 28.8 Å². The van der Waals surface area contributed by atoms with E-state index in [1.165, 1.54) is 63.9 Å². The van der Waals surface area contributed by atoms with Gasteiger partial charge in [0.25, 0.3) is 0 Å². The average Bonchev–Trinajstić information content (AvgIpc) is 2.73. The van der Waals surface area contributed by atoms with Crippen molar-refractivity contribution in [3.63, 3.8) is 0 Å². The third-order valence-electron chi connectivity index (χ3n) is 7.62. The average molecular weight is 457 g/mol. The van der Waals surface area contributed by atoms with E-state index < -0.39 is 6.61 Å². The molecule has 1 aromatic carbocycles. The van der Waals surface area contributed by atoms with Crippen LogP contribution in [0.3, 0.4) is 0 Å². The van der Waals surface area contributed by atoms with E-state index in [0.29, 0.717) is 10.9 Å². The number of alkyl halides is 2. The first kappa shape index (κ1) is 24.0. The summed E-state index contributed by atoms with van der Waals surface area (Å²) in [5.74, 6) is 2.40. The Hall–Kier alpha value is -0.613. The lowest BCUT2D eigenvalue weighted by atomic mass is 9.76. The van der Waals surface area contributed by atoms with E-state index in [9.17, 15) is 8.78 Å². The van der Waals surface area contributed by atoms with E-state index in [1.54, 1.807) is 24.2 Å². The van der Waals surface area contributed by atoms with Gasteiger partial charge in [-0.1, -0.05) is 87.7 Å². The lowest BCUT2D eigenvalue weighted by Crippen LogP contribution is -2.21. The molecular weight excluding hydrogens is 418 g/mol. The van der Waals surface area contributed by atoms with Crippen LogP contribution in [0.4, 0.5) is 8.78 Å². The second-order valence-electron chi connectivity index (χ2n) is 9.74. The molecule has 170 valence electrons. The van der Waals surface area contributed by atoms with Crippen LogP contribution in [0, 0.1) is 11.8 Å². The molecule has 0 spiro atoms. The number of halogens is 3. The fourth-order valence-electron chi connectivity index (χ4n) is 5.89. The predicted octanol–water partition coefficient (Wildman–Crippen LogP) is 8.82. The maximum atomic E-state index is 12.8. The SMILES string of the molecule is CCC[SiH]1CCC(CCCCC2CCC(c3ccc(Cl)cc3OC(F)F)CC2)CC1. The highest BCUT2D eigenvalue weighted by molar-refractivity contribution is 6.58. The van der Waals surface area contributed by atoms with Crippen molar-refractivity contribution < 1.29 is 13.5 Å². The standard InChI is InChI=1S/C25H39ClF2OSi/c1-2-15-30-16-13-20(14-17-30)6-4-3-5-19-7-9-21(10-8-19)23-12-11-22(26)18-24(23)29-25(27)28/h11-12,18-21,25,30H,2-10,13-17H2,1H3. The Morgan fingerprint density at radius 3 is 2.23 bits per heavy atom. The van der Waals surface area contributed by atoms with Crippen molar-refractivity contribution in [3.8, 4) is 5.75 Å². The molecule has 2 fully saturated rings. The number of unbranched alkanes of at least 4 members (excludes halogenated alkanes) is 1. The molecule has 0 N–H and O–H groups in total. The first-order valence-electron chi connectivity index (χ1n) is 12.3. The minimum absolute atomic E-state index is 0.262. The number of ether oxygens (including phenoxy) is 1. The van der Waals surface area contributed by atoms with Crippen molar-refractivity contribution in [2.75, 3.05) is 0 Å². The summed E-state index contributed by atoms with van der Waals surface area (Å²) in [5, 5.41) is 0.448. The molecule has 0 aromatic heterocycles. The second-order valence-corrected chi connectivity index (χ2v) is 13.6. The zero-order valence-corrected chi connectivity index (χ0v) is 20.5. The van der Waals surface area contributed by atoms with Gasteiger partial charge in [-0.2, -0.15) is 8.78 Å². The van der Waals surface area contributed by atoms with Crippen molar-refractivity contribution in [1.82, 2.24) is 0 Å². The highest BCUT2D eigenvalue weighted by Gasteiger charge is 2.26. The molecule has 0 bridgehead atoms. The van der Waals surface area contributed by atoms with Gasteiger partial charge in [0.2, 0.25) is 0 Å². The van der Waals surface area contributed by atoms with Gasteiger partial charge in [0, 0.05) is 13.8 Å². The summed E-state index contributed by atoms with van der Waals surface area (Å²) in [7, 11) is -0.334.